The van der Waals surface area contributed by atoms with Gasteiger partial charge in [-0.25, -0.2) is 18.6 Å². The van der Waals surface area contributed by atoms with Crippen molar-refractivity contribution < 1.29 is 18.3 Å². The van der Waals surface area contributed by atoms with Gasteiger partial charge >= 0.3 is 5.97 Å². The van der Waals surface area contributed by atoms with Gasteiger partial charge in [-0.15, -0.1) is 11.6 Å². The molecule has 1 aromatic rings. The van der Waals surface area contributed by atoms with Crippen LogP contribution in [0.15, 0.2) is 18.3 Å². The van der Waals surface area contributed by atoms with Gasteiger partial charge in [0.15, 0.2) is 0 Å². The van der Waals surface area contributed by atoms with E-state index in [0.29, 0.717) is 17.9 Å². The molecular formula is C16H19ClF2N2O2. The smallest absolute Gasteiger partial charge is 0.341 e. The van der Waals surface area contributed by atoms with Crippen LogP contribution in [0.2, 0.25) is 0 Å². The molecule has 126 valence electrons. The Morgan fingerprint density at radius 2 is 2.22 bits per heavy atom. The number of carbonyl (C=O) groups excluding carboxylic acids is 1. The van der Waals surface area contributed by atoms with E-state index in [-0.39, 0.29) is 24.8 Å². The Morgan fingerprint density at radius 3 is 2.87 bits per heavy atom. The zero-order valence-electron chi connectivity index (χ0n) is 12.8. The van der Waals surface area contributed by atoms with E-state index in [2.05, 4.69) is 4.98 Å². The summed E-state index contributed by atoms with van der Waals surface area (Å²) >= 11 is 6.11. The molecule has 1 aliphatic heterocycles. The van der Waals surface area contributed by atoms with Gasteiger partial charge in [-0.2, -0.15) is 0 Å². The number of alkyl halides is 3. The molecule has 2 aliphatic rings. The fraction of sp³-hybridized carbons (Fsp3) is 0.625. The highest BCUT2D eigenvalue weighted by Crippen LogP contribution is 2.47. The van der Waals surface area contributed by atoms with Gasteiger partial charge in [0.1, 0.15) is 16.8 Å². The summed E-state index contributed by atoms with van der Waals surface area (Å²) in [6.45, 7) is 0.496. The van der Waals surface area contributed by atoms with Crippen molar-refractivity contribution in [3.05, 3.63) is 23.9 Å². The minimum atomic E-state index is -2.91. The molecule has 0 bridgehead atoms. The molecule has 1 saturated carbocycles. The zero-order valence-corrected chi connectivity index (χ0v) is 13.6. The Hall–Kier alpha value is -1.43. The second kappa shape index (κ2) is 6.23. The van der Waals surface area contributed by atoms with Crippen LogP contribution < -0.4 is 4.90 Å². The van der Waals surface area contributed by atoms with Gasteiger partial charge in [0.25, 0.3) is 5.92 Å². The van der Waals surface area contributed by atoms with Crippen LogP contribution in [-0.2, 0) is 4.74 Å². The molecule has 2 heterocycles. The fourth-order valence-corrected chi connectivity index (χ4v) is 3.59. The molecule has 4 nitrogen and oxygen atoms in total. The first kappa shape index (κ1) is 16.4. The van der Waals surface area contributed by atoms with E-state index in [1.165, 1.54) is 7.11 Å². The maximum Gasteiger partial charge on any atom is 0.341 e. The van der Waals surface area contributed by atoms with Crippen molar-refractivity contribution in [3.8, 4) is 0 Å². The number of hydrogen-bond acceptors (Lipinski definition) is 4. The molecule has 0 N–H and O–H groups in total. The summed E-state index contributed by atoms with van der Waals surface area (Å²) in [6, 6.07) is 3.23. The maximum atomic E-state index is 14.2. The first-order valence-corrected chi connectivity index (χ1v) is 8.18. The van der Waals surface area contributed by atoms with Crippen LogP contribution >= 0.6 is 11.6 Å². The predicted octanol–water partition coefficient (Wildman–Crippen LogP) is 3.35. The Balaban J connectivity index is 1.92. The quantitative estimate of drug-likeness (QED) is 0.623. The average molecular weight is 345 g/mol. The second-order valence-corrected chi connectivity index (χ2v) is 6.70. The van der Waals surface area contributed by atoms with E-state index in [9.17, 15) is 13.6 Å². The van der Waals surface area contributed by atoms with Crippen molar-refractivity contribution in [3.63, 3.8) is 0 Å². The first-order chi connectivity index (χ1) is 10.9. The Bertz CT molecular complexity index is 595. The van der Waals surface area contributed by atoms with Crippen LogP contribution in [0.4, 0.5) is 14.6 Å². The van der Waals surface area contributed by atoms with Gasteiger partial charge in [0, 0.05) is 31.6 Å². The van der Waals surface area contributed by atoms with E-state index >= 15 is 0 Å². The van der Waals surface area contributed by atoms with Gasteiger partial charge in [-0.1, -0.05) is 0 Å². The summed E-state index contributed by atoms with van der Waals surface area (Å²) in [7, 11) is 1.29. The number of hydrogen-bond donors (Lipinski definition) is 0. The predicted molar refractivity (Wildman–Crippen MR) is 83.2 cm³/mol. The van der Waals surface area contributed by atoms with Crippen LogP contribution in [-0.4, -0.2) is 42.5 Å². The van der Waals surface area contributed by atoms with Gasteiger partial charge in [0.2, 0.25) is 0 Å². The van der Waals surface area contributed by atoms with Gasteiger partial charge in [-0.05, 0) is 30.9 Å². The number of carbonyl (C=O) groups is 1. The zero-order chi connectivity index (χ0) is 16.6. The van der Waals surface area contributed by atoms with E-state index in [4.69, 9.17) is 16.3 Å². The Labute approximate surface area is 138 Å². The second-order valence-electron chi connectivity index (χ2n) is 6.23. The van der Waals surface area contributed by atoms with Crippen LogP contribution in [0.25, 0.3) is 0 Å². The van der Waals surface area contributed by atoms with E-state index in [0.717, 1.165) is 12.8 Å². The summed E-state index contributed by atoms with van der Waals surface area (Å²) in [6.07, 6.45) is 3.07. The van der Waals surface area contributed by atoms with Crippen LogP contribution in [0, 0.1) is 11.8 Å². The third-order valence-corrected chi connectivity index (χ3v) is 5.29. The molecule has 2 unspecified atom stereocenters. The standard InChI is InChI=1S/C16H19ClF2N2O2/c1-23-15(22)11-3-2-7-20-14(11)21-8-6-16(18,19)13(17)12(9-21)10-4-5-10/h2-3,7,10,12-13H,4-6,8-9H2,1H3. The third-order valence-electron chi connectivity index (χ3n) is 4.64. The fourth-order valence-electron chi connectivity index (χ4n) is 3.20. The lowest BCUT2D eigenvalue weighted by atomic mass is 9.95. The third kappa shape index (κ3) is 3.27. The van der Waals surface area contributed by atoms with Crippen LogP contribution in [0.3, 0.4) is 0 Å². The number of nitrogens with zero attached hydrogens (tertiary/aromatic N) is 2. The number of halogens is 3. The monoisotopic (exact) mass is 344 g/mol. The van der Waals surface area contributed by atoms with Crippen molar-refractivity contribution >= 4 is 23.4 Å². The largest absolute Gasteiger partial charge is 0.465 e. The molecule has 1 saturated heterocycles. The van der Waals surface area contributed by atoms with Crippen molar-refractivity contribution in [1.82, 2.24) is 4.98 Å². The molecule has 2 atom stereocenters. The molecular weight excluding hydrogens is 326 g/mol. The molecule has 0 aromatic carbocycles. The molecule has 23 heavy (non-hydrogen) atoms. The molecule has 1 aliphatic carbocycles. The van der Waals surface area contributed by atoms with Crippen molar-refractivity contribution in [1.29, 1.82) is 0 Å². The summed E-state index contributed by atoms with van der Waals surface area (Å²) in [5.41, 5.74) is 0.292. The van der Waals surface area contributed by atoms with E-state index < -0.39 is 17.3 Å². The first-order valence-electron chi connectivity index (χ1n) is 7.74. The highest BCUT2D eigenvalue weighted by molar-refractivity contribution is 6.21. The van der Waals surface area contributed by atoms with E-state index in [1.807, 2.05) is 0 Å². The van der Waals surface area contributed by atoms with Crippen molar-refractivity contribution in [2.24, 2.45) is 11.8 Å². The molecule has 3 rings (SSSR count). The van der Waals surface area contributed by atoms with Crippen LogP contribution in [0.1, 0.15) is 29.6 Å². The van der Waals surface area contributed by atoms with Gasteiger partial charge < -0.3 is 9.64 Å². The summed E-state index contributed by atoms with van der Waals surface area (Å²) in [5.74, 6) is -3.11. The van der Waals surface area contributed by atoms with Crippen molar-refractivity contribution in [2.45, 2.75) is 30.6 Å². The number of esters is 1. The Morgan fingerprint density at radius 1 is 1.48 bits per heavy atom. The number of aromatic nitrogens is 1. The molecule has 0 radical (unpaired) electrons. The normalized spacial score (nSPS) is 27.4. The van der Waals surface area contributed by atoms with Crippen molar-refractivity contribution in [2.75, 3.05) is 25.1 Å². The van der Waals surface area contributed by atoms with Gasteiger partial charge in [0.05, 0.1) is 7.11 Å². The topological polar surface area (TPSA) is 42.4 Å². The number of ether oxygens (including phenoxy) is 1. The lowest BCUT2D eigenvalue weighted by Crippen LogP contribution is -2.37. The highest BCUT2D eigenvalue weighted by Gasteiger charge is 2.50. The molecule has 7 heteroatoms. The molecule has 2 fully saturated rings. The summed E-state index contributed by atoms with van der Waals surface area (Å²) in [5, 5.41) is -1.18. The number of methoxy groups -OCH3 is 1. The maximum absolute atomic E-state index is 14.2. The summed E-state index contributed by atoms with van der Waals surface area (Å²) in [4.78, 5) is 17.9. The molecule has 0 amide bonds. The Kier molecular flexibility index (Phi) is 4.45. The molecule has 0 spiro atoms. The van der Waals surface area contributed by atoms with Crippen LogP contribution in [0.5, 0.6) is 0 Å². The molecule has 1 aromatic heterocycles. The van der Waals surface area contributed by atoms with E-state index in [1.54, 1.807) is 23.2 Å². The lowest BCUT2D eigenvalue weighted by Gasteiger charge is -2.28. The minimum Gasteiger partial charge on any atom is -0.465 e. The number of pyridine rings is 1. The summed E-state index contributed by atoms with van der Waals surface area (Å²) < 4.78 is 33.2. The number of anilines is 1. The average Bonchev–Trinajstić information content (AvgIpc) is 3.38. The highest BCUT2D eigenvalue weighted by atomic mass is 35.5. The SMILES string of the molecule is COC(=O)c1cccnc1N1CCC(F)(F)C(Cl)C(C2CC2)C1. The van der Waals surface area contributed by atoms with Gasteiger partial charge in [-0.3, -0.25) is 0 Å². The minimum absolute atomic E-state index is 0.112. The number of rotatable bonds is 3. The lowest BCUT2D eigenvalue weighted by molar-refractivity contribution is -0.0189.